The zero-order valence-electron chi connectivity index (χ0n) is 29.1. The van der Waals surface area contributed by atoms with Crippen molar-refractivity contribution in [1.82, 2.24) is 4.57 Å². The summed E-state index contributed by atoms with van der Waals surface area (Å²) in [5, 5.41) is 0.245. The molecule has 1 heterocycles. The van der Waals surface area contributed by atoms with E-state index in [4.69, 9.17) is 14.2 Å². The minimum Gasteiger partial charge on any atom is -1.00 e. The van der Waals surface area contributed by atoms with E-state index in [1.807, 2.05) is 6.07 Å². The van der Waals surface area contributed by atoms with Crippen molar-refractivity contribution in [3.8, 4) is 22.9 Å². The molecule has 0 N–H and O–H groups in total. The molecule has 5 aromatic rings. The molecule has 0 radical (unpaired) electrons. The smallest absolute Gasteiger partial charge is 0.263 e. The van der Waals surface area contributed by atoms with Gasteiger partial charge in [0, 0.05) is 60.2 Å². The third kappa shape index (κ3) is 8.00. The van der Waals surface area contributed by atoms with Crippen molar-refractivity contribution in [2.24, 2.45) is 0 Å². The number of nitrogens with zero attached hydrogens (tertiary/aromatic N) is 3. The van der Waals surface area contributed by atoms with Crippen LogP contribution in [0.2, 0.25) is 0 Å². The summed E-state index contributed by atoms with van der Waals surface area (Å²) in [6.07, 6.45) is 1.42. The van der Waals surface area contributed by atoms with Gasteiger partial charge in [-0.1, -0.05) is 24.3 Å². The zero-order chi connectivity index (χ0) is 35.3. The van der Waals surface area contributed by atoms with Gasteiger partial charge in [0.25, 0.3) is 5.91 Å². The number of carbonyl (C=O) groups excluding carboxylic acids is 1. The van der Waals surface area contributed by atoms with Crippen molar-refractivity contribution in [2.75, 3.05) is 45.8 Å². The standard InChI is InChI=1S/C39H42F2N3O5.BrH/c1-7-44(8-2,9-3)24-26-12-10-11-13-27(26)25-49-34-20-31(19-33(21-34)48-6)43-23-36(38(45)35-15-14-32(47-5)22-37(35)43)39(46)42(4)30-17-28(40)16-29(41)18-30;/h10-23H,7-9,24-25H2,1-6H3;1H/q+1;/p-1. The molecule has 0 bridgehead atoms. The van der Waals surface area contributed by atoms with Crippen LogP contribution in [0.25, 0.3) is 16.6 Å². The van der Waals surface area contributed by atoms with Gasteiger partial charge in [0.15, 0.2) is 0 Å². The number of pyridine rings is 1. The van der Waals surface area contributed by atoms with E-state index in [1.165, 1.54) is 25.9 Å². The minimum atomic E-state index is -0.844. The molecule has 0 spiro atoms. The Morgan fingerprint density at radius 1 is 0.800 bits per heavy atom. The summed E-state index contributed by atoms with van der Waals surface area (Å²) >= 11 is 0. The van der Waals surface area contributed by atoms with E-state index in [0.717, 1.165) is 53.3 Å². The first kappa shape index (κ1) is 38.1. The first-order valence-electron chi connectivity index (χ1n) is 16.3. The number of amides is 1. The van der Waals surface area contributed by atoms with Gasteiger partial charge in [0.05, 0.1) is 45.1 Å². The normalized spacial score (nSPS) is 11.2. The fourth-order valence-corrected chi connectivity index (χ4v) is 6.11. The van der Waals surface area contributed by atoms with Gasteiger partial charge in [-0.2, -0.15) is 0 Å². The number of methoxy groups -OCH3 is 2. The van der Waals surface area contributed by atoms with Gasteiger partial charge in [-0.15, -0.1) is 0 Å². The van der Waals surface area contributed by atoms with E-state index >= 15 is 0 Å². The molecule has 4 aromatic carbocycles. The molecule has 0 atom stereocenters. The third-order valence-electron chi connectivity index (χ3n) is 9.39. The average molecular weight is 751 g/mol. The number of hydrogen-bond acceptors (Lipinski definition) is 5. The summed E-state index contributed by atoms with van der Waals surface area (Å²) < 4.78 is 48.2. The molecular formula is C39H42BrF2N3O5. The number of anilines is 1. The highest BCUT2D eigenvalue weighted by molar-refractivity contribution is 6.07. The second kappa shape index (κ2) is 16.3. The average Bonchev–Trinajstić information content (AvgIpc) is 3.12. The maximum absolute atomic E-state index is 14.0. The lowest BCUT2D eigenvalue weighted by atomic mass is 10.1. The fourth-order valence-electron chi connectivity index (χ4n) is 6.11. The van der Waals surface area contributed by atoms with E-state index in [-0.39, 0.29) is 33.6 Å². The topological polar surface area (TPSA) is 70.0 Å². The zero-order valence-corrected chi connectivity index (χ0v) is 30.7. The van der Waals surface area contributed by atoms with Crippen molar-refractivity contribution in [3.63, 3.8) is 0 Å². The van der Waals surface area contributed by atoms with Gasteiger partial charge < -0.3 is 45.1 Å². The summed E-state index contributed by atoms with van der Waals surface area (Å²) in [7, 11) is 4.43. The van der Waals surface area contributed by atoms with Crippen molar-refractivity contribution in [2.45, 2.75) is 33.9 Å². The highest BCUT2D eigenvalue weighted by Crippen LogP contribution is 2.30. The van der Waals surface area contributed by atoms with Gasteiger partial charge >= 0.3 is 0 Å². The van der Waals surface area contributed by atoms with Gasteiger partial charge in [-0.3, -0.25) is 9.59 Å². The lowest BCUT2D eigenvalue weighted by molar-refractivity contribution is -0.936. The molecule has 50 heavy (non-hydrogen) atoms. The van der Waals surface area contributed by atoms with E-state index < -0.39 is 23.0 Å². The van der Waals surface area contributed by atoms with Crippen LogP contribution in [0.3, 0.4) is 0 Å². The summed E-state index contributed by atoms with van der Waals surface area (Å²) in [6, 6.07) is 21.3. The molecule has 264 valence electrons. The number of benzene rings is 4. The monoisotopic (exact) mass is 749 g/mol. The quantitative estimate of drug-likeness (QED) is 0.166. The van der Waals surface area contributed by atoms with Crippen LogP contribution in [0.15, 0.2) is 89.9 Å². The molecule has 8 nitrogen and oxygen atoms in total. The number of fused-ring (bicyclic) bond motifs is 1. The number of aromatic nitrogens is 1. The van der Waals surface area contributed by atoms with Crippen LogP contribution in [0.1, 0.15) is 42.3 Å². The van der Waals surface area contributed by atoms with E-state index in [1.54, 1.807) is 48.1 Å². The highest BCUT2D eigenvalue weighted by Gasteiger charge is 2.24. The summed E-state index contributed by atoms with van der Waals surface area (Å²) in [5.74, 6) is -0.912. The largest absolute Gasteiger partial charge is 1.00 e. The molecule has 0 aliphatic rings. The molecule has 0 unspecified atom stereocenters. The lowest BCUT2D eigenvalue weighted by Crippen LogP contribution is -3.00. The molecule has 0 saturated heterocycles. The molecule has 1 amide bonds. The molecule has 0 fully saturated rings. The van der Waals surface area contributed by atoms with Crippen molar-refractivity contribution in [1.29, 1.82) is 0 Å². The SMILES string of the molecule is CC[N+](CC)(CC)Cc1ccccc1COc1cc(OC)cc(-n2cc(C(=O)N(C)c3cc(F)cc(F)c3)c(=O)c3ccc(OC)cc32)c1.[Br-]. The van der Waals surface area contributed by atoms with Gasteiger partial charge in [-0.05, 0) is 50.6 Å². The van der Waals surface area contributed by atoms with Crippen LogP contribution in [-0.2, 0) is 13.2 Å². The fraction of sp³-hybridized carbons (Fsp3) is 0.282. The molecule has 1 aromatic heterocycles. The number of ether oxygens (including phenoxy) is 3. The Bertz CT molecular complexity index is 2020. The number of halogens is 3. The molecule has 0 saturated carbocycles. The van der Waals surface area contributed by atoms with E-state index in [2.05, 4.69) is 39.0 Å². The Hall–Kier alpha value is -4.74. The first-order chi connectivity index (χ1) is 23.5. The lowest BCUT2D eigenvalue weighted by Gasteiger charge is -2.36. The van der Waals surface area contributed by atoms with Crippen LogP contribution >= 0.6 is 0 Å². The predicted molar refractivity (Wildman–Crippen MR) is 188 cm³/mol. The van der Waals surface area contributed by atoms with Crippen LogP contribution < -0.4 is 41.5 Å². The van der Waals surface area contributed by atoms with Crippen molar-refractivity contribution < 1.29 is 49.3 Å². The maximum Gasteiger partial charge on any atom is 0.263 e. The third-order valence-corrected chi connectivity index (χ3v) is 9.39. The van der Waals surface area contributed by atoms with Gasteiger partial charge in [0.2, 0.25) is 5.43 Å². The molecule has 11 heteroatoms. The number of rotatable bonds is 13. The molecule has 5 rings (SSSR count). The summed E-state index contributed by atoms with van der Waals surface area (Å²) in [5.41, 5.74) is 2.54. The maximum atomic E-state index is 14.0. The number of carbonyl (C=O) groups is 1. The molecular weight excluding hydrogens is 708 g/mol. The van der Waals surface area contributed by atoms with Crippen LogP contribution in [0.4, 0.5) is 14.5 Å². The van der Waals surface area contributed by atoms with Gasteiger partial charge in [0.1, 0.15) is 47.6 Å². The second-order valence-corrected chi connectivity index (χ2v) is 12.0. The first-order valence-corrected chi connectivity index (χ1v) is 16.3. The second-order valence-electron chi connectivity index (χ2n) is 12.0. The van der Waals surface area contributed by atoms with E-state index in [9.17, 15) is 18.4 Å². The highest BCUT2D eigenvalue weighted by atomic mass is 79.9. The van der Waals surface area contributed by atoms with Gasteiger partial charge in [-0.25, -0.2) is 8.78 Å². The Morgan fingerprint density at radius 3 is 2.04 bits per heavy atom. The number of quaternary nitrogens is 1. The minimum absolute atomic E-state index is 0. The van der Waals surface area contributed by atoms with Crippen LogP contribution in [-0.4, -0.2) is 55.9 Å². The van der Waals surface area contributed by atoms with Crippen LogP contribution in [0, 0.1) is 11.6 Å². The Morgan fingerprint density at radius 2 is 1.42 bits per heavy atom. The van der Waals surface area contributed by atoms with Crippen molar-refractivity contribution >= 4 is 22.5 Å². The Kier molecular flexibility index (Phi) is 12.4. The van der Waals surface area contributed by atoms with Crippen LogP contribution in [0.5, 0.6) is 17.2 Å². The molecule has 0 aliphatic heterocycles. The van der Waals surface area contributed by atoms with E-state index in [0.29, 0.717) is 41.1 Å². The molecule has 0 aliphatic carbocycles. The Labute approximate surface area is 301 Å². The summed E-state index contributed by atoms with van der Waals surface area (Å²) in [4.78, 5) is 28.6. The number of hydrogen-bond donors (Lipinski definition) is 0. The summed E-state index contributed by atoms with van der Waals surface area (Å²) in [6.45, 7) is 11.0. The Balaban J connectivity index is 0.00000562. The van der Waals surface area contributed by atoms with Crippen molar-refractivity contribution in [3.05, 3.63) is 124 Å². The predicted octanol–water partition coefficient (Wildman–Crippen LogP) is 4.52.